The van der Waals surface area contributed by atoms with Crippen LogP contribution >= 0.6 is 0 Å². The molecule has 0 unspecified atom stereocenters. The lowest BCUT2D eigenvalue weighted by molar-refractivity contribution is -0.127. The van der Waals surface area contributed by atoms with Crippen LogP contribution in [-0.2, 0) is 11.2 Å². The van der Waals surface area contributed by atoms with Gasteiger partial charge in [-0.1, -0.05) is 13.0 Å². The molecule has 0 bridgehead atoms. The Labute approximate surface area is 89.0 Å². The van der Waals surface area contributed by atoms with E-state index >= 15 is 0 Å². The molecule has 0 spiro atoms. The zero-order chi connectivity index (χ0) is 11.1. The first kappa shape index (κ1) is 10.0. The first-order chi connectivity index (χ1) is 7.02. The van der Waals surface area contributed by atoms with Crippen molar-refractivity contribution in [3.8, 4) is 5.75 Å². The quantitative estimate of drug-likeness (QED) is 0.662. The summed E-state index contributed by atoms with van der Waals surface area (Å²) in [5, 5.41) is 0. The highest BCUT2D eigenvalue weighted by Crippen LogP contribution is 2.31. The van der Waals surface area contributed by atoms with Crippen LogP contribution in [0.3, 0.4) is 0 Å². The number of benzene rings is 1. The van der Waals surface area contributed by atoms with Crippen molar-refractivity contribution in [1.82, 2.24) is 0 Å². The highest BCUT2D eigenvalue weighted by atomic mass is 16.7. The lowest BCUT2D eigenvalue weighted by Crippen LogP contribution is -2.38. The summed E-state index contributed by atoms with van der Waals surface area (Å²) in [5.41, 5.74) is 1.63. The number of esters is 1. The largest absolute Gasteiger partial charge is 0.452 e. The molecule has 0 saturated heterocycles. The van der Waals surface area contributed by atoms with Gasteiger partial charge in [0.05, 0.1) is 0 Å². The predicted octanol–water partition coefficient (Wildman–Crippen LogP) is 2.53. The highest BCUT2D eigenvalue weighted by molar-refractivity contribution is 5.93. The van der Waals surface area contributed by atoms with Crippen LogP contribution in [0.1, 0.15) is 36.7 Å². The highest BCUT2D eigenvalue weighted by Gasteiger charge is 2.33. The van der Waals surface area contributed by atoms with E-state index in [9.17, 15) is 4.79 Å². The van der Waals surface area contributed by atoms with Crippen molar-refractivity contribution < 1.29 is 14.3 Å². The fraction of sp³-hybridized carbons (Fsp3) is 0.417. The van der Waals surface area contributed by atoms with E-state index in [-0.39, 0.29) is 5.97 Å². The summed E-state index contributed by atoms with van der Waals surface area (Å²) < 4.78 is 10.7. The van der Waals surface area contributed by atoms with Crippen molar-refractivity contribution in [2.24, 2.45) is 0 Å². The van der Waals surface area contributed by atoms with E-state index in [1.54, 1.807) is 13.8 Å². The Morgan fingerprint density at radius 1 is 1.27 bits per heavy atom. The molecule has 80 valence electrons. The monoisotopic (exact) mass is 206 g/mol. The van der Waals surface area contributed by atoms with Crippen LogP contribution in [0.2, 0.25) is 0 Å². The van der Waals surface area contributed by atoms with Gasteiger partial charge in [-0.05, 0) is 24.1 Å². The summed E-state index contributed by atoms with van der Waals surface area (Å²) >= 11 is 0. The normalized spacial score (nSPS) is 17.7. The number of carbonyl (C=O) groups is 1. The van der Waals surface area contributed by atoms with Gasteiger partial charge in [0, 0.05) is 13.8 Å². The zero-order valence-electron chi connectivity index (χ0n) is 9.16. The van der Waals surface area contributed by atoms with Crippen LogP contribution in [0.15, 0.2) is 18.2 Å². The van der Waals surface area contributed by atoms with Crippen molar-refractivity contribution in [2.45, 2.75) is 33.0 Å². The molecular formula is C12H14O3. The Bertz CT molecular complexity index is 407. The molecule has 1 aliphatic heterocycles. The van der Waals surface area contributed by atoms with Crippen molar-refractivity contribution in [3.63, 3.8) is 0 Å². The third-order valence-electron chi connectivity index (χ3n) is 2.37. The standard InChI is InChI=1S/C12H14O3/c1-4-8-5-6-10-9(7-8)11(13)15-12(2,3)14-10/h5-7H,4H2,1-3H3. The third-order valence-corrected chi connectivity index (χ3v) is 2.37. The molecule has 3 heteroatoms. The minimum atomic E-state index is -0.863. The molecule has 0 aliphatic carbocycles. The maximum atomic E-state index is 11.7. The number of carbonyl (C=O) groups excluding carboxylic acids is 1. The zero-order valence-corrected chi connectivity index (χ0v) is 9.16. The minimum absolute atomic E-state index is 0.309. The van der Waals surface area contributed by atoms with Crippen LogP contribution < -0.4 is 4.74 Å². The van der Waals surface area contributed by atoms with Crippen molar-refractivity contribution in [3.05, 3.63) is 29.3 Å². The topological polar surface area (TPSA) is 35.5 Å². The summed E-state index contributed by atoms with van der Waals surface area (Å²) in [7, 11) is 0. The second-order valence-electron chi connectivity index (χ2n) is 4.08. The van der Waals surface area contributed by atoms with Gasteiger partial charge in [-0.25, -0.2) is 4.79 Å². The number of rotatable bonds is 1. The van der Waals surface area contributed by atoms with Crippen LogP contribution in [-0.4, -0.2) is 11.8 Å². The Morgan fingerprint density at radius 2 is 2.00 bits per heavy atom. The first-order valence-corrected chi connectivity index (χ1v) is 5.07. The van der Waals surface area contributed by atoms with Gasteiger partial charge in [-0.2, -0.15) is 0 Å². The number of fused-ring (bicyclic) bond motifs is 1. The lowest BCUT2D eigenvalue weighted by Gasteiger charge is -2.31. The molecule has 15 heavy (non-hydrogen) atoms. The van der Waals surface area contributed by atoms with Crippen molar-refractivity contribution >= 4 is 5.97 Å². The molecule has 0 fully saturated rings. The first-order valence-electron chi connectivity index (χ1n) is 5.07. The summed E-state index contributed by atoms with van der Waals surface area (Å²) in [5.74, 6) is -0.567. The van der Waals surface area contributed by atoms with E-state index in [1.165, 1.54) is 0 Å². The second kappa shape index (κ2) is 3.26. The molecule has 0 amide bonds. The minimum Gasteiger partial charge on any atom is -0.452 e. The molecule has 2 rings (SSSR count). The van der Waals surface area contributed by atoms with E-state index in [0.717, 1.165) is 12.0 Å². The van der Waals surface area contributed by atoms with E-state index in [0.29, 0.717) is 11.3 Å². The molecule has 0 saturated carbocycles. The van der Waals surface area contributed by atoms with Gasteiger partial charge in [0.25, 0.3) is 0 Å². The summed E-state index contributed by atoms with van der Waals surface area (Å²) in [6, 6.07) is 5.62. The lowest BCUT2D eigenvalue weighted by atomic mass is 10.1. The molecule has 1 aromatic carbocycles. The number of cyclic esters (lactones) is 1. The van der Waals surface area contributed by atoms with Crippen molar-refractivity contribution in [1.29, 1.82) is 0 Å². The molecule has 1 heterocycles. The van der Waals surface area contributed by atoms with Gasteiger partial charge in [0.15, 0.2) is 0 Å². The number of hydrogen-bond acceptors (Lipinski definition) is 3. The van der Waals surface area contributed by atoms with Gasteiger partial charge >= 0.3 is 5.97 Å². The SMILES string of the molecule is CCc1ccc2c(c1)C(=O)OC(C)(C)O2. The fourth-order valence-electron chi connectivity index (χ4n) is 1.61. The third kappa shape index (κ3) is 1.82. The van der Waals surface area contributed by atoms with E-state index < -0.39 is 5.79 Å². The number of aryl methyl sites for hydroxylation is 1. The van der Waals surface area contributed by atoms with Crippen LogP contribution in [0.5, 0.6) is 5.75 Å². The molecule has 0 N–H and O–H groups in total. The molecule has 0 aromatic heterocycles. The Hall–Kier alpha value is -1.51. The number of ether oxygens (including phenoxy) is 2. The molecule has 3 nitrogen and oxygen atoms in total. The maximum Gasteiger partial charge on any atom is 0.345 e. The fourth-order valence-corrected chi connectivity index (χ4v) is 1.61. The number of hydrogen-bond donors (Lipinski definition) is 0. The summed E-state index contributed by atoms with van der Waals surface area (Å²) in [6.45, 7) is 5.49. The summed E-state index contributed by atoms with van der Waals surface area (Å²) in [4.78, 5) is 11.7. The second-order valence-corrected chi connectivity index (χ2v) is 4.08. The van der Waals surface area contributed by atoms with Crippen molar-refractivity contribution in [2.75, 3.05) is 0 Å². The summed E-state index contributed by atoms with van der Waals surface area (Å²) in [6.07, 6.45) is 0.893. The Balaban J connectivity index is 2.46. The van der Waals surface area contributed by atoms with E-state index in [2.05, 4.69) is 0 Å². The Kier molecular flexibility index (Phi) is 2.18. The molecule has 1 aliphatic rings. The van der Waals surface area contributed by atoms with Gasteiger partial charge in [0.2, 0.25) is 5.79 Å². The maximum absolute atomic E-state index is 11.7. The molecule has 0 radical (unpaired) electrons. The molecule has 1 aromatic rings. The van der Waals surface area contributed by atoms with Gasteiger partial charge in [-0.3, -0.25) is 0 Å². The average Bonchev–Trinajstić information content (AvgIpc) is 2.15. The van der Waals surface area contributed by atoms with Crippen LogP contribution in [0.4, 0.5) is 0 Å². The molecule has 0 atom stereocenters. The Morgan fingerprint density at radius 3 is 2.67 bits per heavy atom. The van der Waals surface area contributed by atoms with Crippen LogP contribution in [0, 0.1) is 0 Å². The van der Waals surface area contributed by atoms with E-state index in [1.807, 2.05) is 25.1 Å². The van der Waals surface area contributed by atoms with E-state index in [4.69, 9.17) is 9.47 Å². The van der Waals surface area contributed by atoms with Gasteiger partial charge < -0.3 is 9.47 Å². The predicted molar refractivity (Wildman–Crippen MR) is 55.9 cm³/mol. The van der Waals surface area contributed by atoms with Crippen LogP contribution in [0.25, 0.3) is 0 Å². The van der Waals surface area contributed by atoms with Gasteiger partial charge in [0.1, 0.15) is 11.3 Å². The smallest absolute Gasteiger partial charge is 0.345 e. The average molecular weight is 206 g/mol. The molecular weight excluding hydrogens is 192 g/mol. The van der Waals surface area contributed by atoms with Gasteiger partial charge in [-0.15, -0.1) is 0 Å².